The Morgan fingerprint density at radius 3 is 2.11 bits per heavy atom. The van der Waals surface area contributed by atoms with Crippen LogP contribution >= 0.6 is 11.3 Å². The lowest BCUT2D eigenvalue weighted by Gasteiger charge is -1.94. The van der Waals surface area contributed by atoms with Crippen molar-refractivity contribution in [1.82, 2.24) is 0 Å². The number of nitrogens with two attached hydrogens (primary N) is 2. The van der Waals surface area contributed by atoms with Gasteiger partial charge in [0.2, 0.25) is 10.0 Å². The molecule has 0 amide bonds. The third kappa shape index (κ3) is 4.87. The van der Waals surface area contributed by atoms with Crippen LogP contribution in [0, 0.1) is 0 Å². The molecule has 0 saturated heterocycles. The van der Waals surface area contributed by atoms with Gasteiger partial charge < -0.3 is 5.73 Å². The van der Waals surface area contributed by atoms with E-state index < -0.39 is 10.0 Å². The Morgan fingerprint density at radius 1 is 1.17 bits per heavy atom. The predicted octanol–water partition coefficient (Wildman–Crippen LogP) is 2.23. The van der Waals surface area contributed by atoms with Crippen molar-refractivity contribution >= 4 is 27.0 Å². The second kappa shape index (κ2) is 6.53. The van der Waals surface area contributed by atoms with Gasteiger partial charge in [0.05, 0.1) is 4.90 Å². The van der Waals surface area contributed by atoms with E-state index in [2.05, 4.69) is 19.1 Å². The predicted molar refractivity (Wildman–Crippen MR) is 75.9 cm³/mol. The maximum absolute atomic E-state index is 10.5. The van der Waals surface area contributed by atoms with Gasteiger partial charge in [-0.2, -0.15) is 11.3 Å². The fourth-order valence-electron chi connectivity index (χ4n) is 1.17. The second-order valence-electron chi connectivity index (χ2n) is 3.60. The molecule has 1 heterocycles. The van der Waals surface area contributed by atoms with E-state index in [4.69, 9.17) is 10.9 Å². The molecule has 2 rings (SSSR count). The lowest BCUT2D eigenvalue weighted by atomic mass is 10.2. The molecular weight excluding hydrogens is 268 g/mol. The monoisotopic (exact) mass is 284 g/mol. The molecule has 1 aromatic carbocycles. The third-order valence-electron chi connectivity index (χ3n) is 2.21. The maximum atomic E-state index is 10.5. The summed E-state index contributed by atoms with van der Waals surface area (Å²) in [5.41, 5.74) is 7.66. The first-order valence-electron chi connectivity index (χ1n) is 5.33. The molecule has 0 aliphatic rings. The summed E-state index contributed by atoms with van der Waals surface area (Å²) in [5, 5.41) is 7.94. The van der Waals surface area contributed by atoms with Crippen LogP contribution in [0.4, 0.5) is 5.69 Å². The Kier molecular flexibility index (Phi) is 5.33. The summed E-state index contributed by atoms with van der Waals surface area (Å²) in [6, 6.07) is 9.43. The quantitative estimate of drug-likeness (QED) is 0.829. The maximum Gasteiger partial charge on any atom is 0.238 e. The summed E-state index contributed by atoms with van der Waals surface area (Å²) in [6.45, 7) is 2.13. The van der Waals surface area contributed by atoms with Crippen LogP contribution in [0.15, 0.2) is 46.0 Å². The number of aryl methyl sites for hydroxylation is 1. The smallest absolute Gasteiger partial charge is 0.238 e. The topological polar surface area (TPSA) is 86.2 Å². The second-order valence-corrected chi connectivity index (χ2v) is 5.94. The number of rotatable bonds is 2. The van der Waals surface area contributed by atoms with Gasteiger partial charge >= 0.3 is 0 Å². The van der Waals surface area contributed by atoms with Gasteiger partial charge in [0.25, 0.3) is 0 Å². The summed E-state index contributed by atoms with van der Waals surface area (Å²) >= 11 is 1.31. The van der Waals surface area contributed by atoms with Crippen LogP contribution in [0.5, 0.6) is 0 Å². The molecule has 0 atom stereocenters. The van der Waals surface area contributed by atoms with Crippen LogP contribution in [-0.2, 0) is 16.4 Å². The van der Waals surface area contributed by atoms with Crippen LogP contribution in [-0.4, -0.2) is 8.42 Å². The van der Waals surface area contributed by atoms with E-state index in [1.807, 2.05) is 12.1 Å². The Hall–Kier alpha value is -1.37. The van der Waals surface area contributed by atoms with Gasteiger partial charge in [-0.25, -0.2) is 13.6 Å². The van der Waals surface area contributed by atoms with Crippen molar-refractivity contribution in [3.05, 3.63) is 46.7 Å². The van der Waals surface area contributed by atoms with E-state index >= 15 is 0 Å². The number of anilines is 1. The van der Waals surface area contributed by atoms with Gasteiger partial charge in [0, 0.05) is 11.1 Å². The molecule has 0 spiro atoms. The van der Waals surface area contributed by atoms with Crippen molar-refractivity contribution in [3.8, 4) is 0 Å². The largest absolute Gasteiger partial charge is 0.399 e. The summed E-state index contributed by atoms with van der Waals surface area (Å²) in [4.78, 5) is 0.188. The van der Waals surface area contributed by atoms with E-state index in [1.54, 1.807) is 5.38 Å². The average molecular weight is 284 g/mol. The first-order valence-corrected chi connectivity index (χ1v) is 7.82. The zero-order valence-electron chi connectivity index (χ0n) is 10.0. The first-order chi connectivity index (χ1) is 8.43. The summed E-state index contributed by atoms with van der Waals surface area (Å²) in [5.74, 6) is 0. The number of thiophene rings is 1. The van der Waals surface area contributed by atoms with Crippen molar-refractivity contribution in [2.45, 2.75) is 18.2 Å². The molecule has 0 aliphatic carbocycles. The number of benzene rings is 1. The normalized spacial score (nSPS) is 10.6. The molecule has 6 heteroatoms. The van der Waals surface area contributed by atoms with Gasteiger partial charge in [-0.15, -0.1) is 0 Å². The number of hydrogen-bond acceptors (Lipinski definition) is 4. The molecule has 0 aliphatic heterocycles. The highest BCUT2D eigenvalue weighted by atomic mass is 32.2. The molecular formula is C12H16N2O2S2. The molecule has 1 aromatic heterocycles. The van der Waals surface area contributed by atoms with E-state index in [0.717, 1.165) is 12.1 Å². The molecule has 18 heavy (non-hydrogen) atoms. The summed E-state index contributed by atoms with van der Waals surface area (Å²) in [7, 11) is -3.45. The minimum Gasteiger partial charge on any atom is -0.399 e. The molecule has 4 nitrogen and oxygen atoms in total. The summed E-state index contributed by atoms with van der Waals surface area (Å²) < 4.78 is 21.0. The first kappa shape index (κ1) is 14.7. The lowest BCUT2D eigenvalue weighted by Crippen LogP contribution is -2.10. The van der Waals surface area contributed by atoms with Crippen LogP contribution in [0.1, 0.15) is 12.5 Å². The number of hydrogen-bond donors (Lipinski definition) is 2. The number of sulfonamides is 1. The van der Waals surface area contributed by atoms with Gasteiger partial charge in [0.1, 0.15) is 0 Å². The molecule has 0 unspecified atom stereocenters. The number of primary sulfonamides is 1. The average Bonchev–Trinajstić information content (AvgIpc) is 2.84. The van der Waals surface area contributed by atoms with Gasteiger partial charge in [0.15, 0.2) is 0 Å². The van der Waals surface area contributed by atoms with Crippen molar-refractivity contribution in [1.29, 1.82) is 0 Å². The Morgan fingerprint density at radius 2 is 1.78 bits per heavy atom. The molecule has 2 aromatic rings. The highest BCUT2D eigenvalue weighted by Gasteiger charge is 2.05. The fourth-order valence-corrected chi connectivity index (χ4v) is 2.73. The Balaban J connectivity index is 0.000000180. The van der Waals surface area contributed by atoms with Gasteiger partial charge in [-0.3, -0.25) is 0 Å². The van der Waals surface area contributed by atoms with Gasteiger partial charge in [-0.1, -0.05) is 19.1 Å². The fraction of sp³-hybridized carbons (Fsp3) is 0.167. The van der Waals surface area contributed by atoms with E-state index in [0.29, 0.717) is 0 Å². The van der Waals surface area contributed by atoms with E-state index in [9.17, 15) is 8.42 Å². The Bertz CT molecular complexity index is 561. The highest BCUT2D eigenvalue weighted by molar-refractivity contribution is 7.89. The third-order valence-corrected chi connectivity index (χ3v) is 3.96. The van der Waals surface area contributed by atoms with Crippen molar-refractivity contribution < 1.29 is 8.42 Å². The molecule has 0 bridgehead atoms. The zero-order chi connectivity index (χ0) is 13.6. The molecule has 0 radical (unpaired) electrons. The standard InChI is InChI=1S/C8H11N.C4H5NO2S2/c1-2-7-3-5-8(9)6-4-7;5-9(6,7)4-1-2-8-3-4/h3-6H,2,9H2,1H3;1-3H,(H2,5,6,7). The van der Waals surface area contributed by atoms with Crippen LogP contribution < -0.4 is 10.9 Å². The SMILES string of the molecule is CCc1ccc(N)cc1.NS(=O)(=O)c1ccsc1. The van der Waals surface area contributed by atoms with Crippen molar-refractivity contribution in [2.24, 2.45) is 5.14 Å². The van der Waals surface area contributed by atoms with E-state index in [-0.39, 0.29) is 4.90 Å². The van der Waals surface area contributed by atoms with Gasteiger partial charge in [-0.05, 0) is 35.6 Å². The molecule has 0 saturated carbocycles. The number of nitrogen functional groups attached to an aromatic ring is 1. The van der Waals surface area contributed by atoms with Crippen molar-refractivity contribution in [3.63, 3.8) is 0 Å². The zero-order valence-corrected chi connectivity index (χ0v) is 11.7. The highest BCUT2D eigenvalue weighted by Crippen LogP contribution is 2.09. The van der Waals surface area contributed by atoms with E-state index in [1.165, 1.54) is 28.3 Å². The lowest BCUT2D eigenvalue weighted by molar-refractivity contribution is 0.598. The summed E-state index contributed by atoms with van der Waals surface area (Å²) in [6.07, 6.45) is 1.08. The van der Waals surface area contributed by atoms with Crippen LogP contribution in [0.3, 0.4) is 0 Å². The minimum absolute atomic E-state index is 0.188. The molecule has 98 valence electrons. The minimum atomic E-state index is -3.45. The molecule has 0 fully saturated rings. The molecule has 4 N–H and O–H groups in total. The van der Waals surface area contributed by atoms with Crippen molar-refractivity contribution in [2.75, 3.05) is 5.73 Å². The van der Waals surface area contributed by atoms with Crippen LogP contribution in [0.25, 0.3) is 0 Å². The Labute approximate surface area is 111 Å². The van der Waals surface area contributed by atoms with Crippen LogP contribution in [0.2, 0.25) is 0 Å².